The van der Waals surface area contributed by atoms with Crippen LogP contribution < -0.4 is 5.73 Å². The zero-order chi connectivity index (χ0) is 22.3. The first-order valence-corrected chi connectivity index (χ1v) is 12.5. The first kappa shape index (κ1) is 22.8. The van der Waals surface area contributed by atoms with Gasteiger partial charge in [0.2, 0.25) is 10.0 Å². The number of nitrogens with two attached hydrogens (primary N) is 1. The minimum atomic E-state index is -3.25. The Bertz CT molecular complexity index is 967. The van der Waals surface area contributed by atoms with Crippen molar-refractivity contribution in [1.82, 2.24) is 9.21 Å². The second-order valence-electron chi connectivity index (χ2n) is 9.34. The Morgan fingerprint density at radius 2 is 1.94 bits per heavy atom. The van der Waals surface area contributed by atoms with E-state index in [2.05, 4.69) is 4.90 Å². The SMILES string of the molecule is CC(C)CS(=O)(=O)N1CCC2=C(CN(C3COC(c4cc(F)ccc4F)C(N)C3)C2)C1. The summed E-state index contributed by atoms with van der Waals surface area (Å²) in [6.07, 6.45) is 0.685. The van der Waals surface area contributed by atoms with Crippen molar-refractivity contribution < 1.29 is 21.9 Å². The third kappa shape index (κ3) is 4.85. The molecule has 3 heterocycles. The summed E-state index contributed by atoms with van der Waals surface area (Å²) < 4.78 is 60.5. The fourth-order valence-corrected chi connectivity index (χ4v) is 6.69. The van der Waals surface area contributed by atoms with E-state index < -0.39 is 33.8 Å². The third-order valence-electron chi connectivity index (χ3n) is 6.44. The third-order valence-corrected chi connectivity index (χ3v) is 8.62. The summed E-state index contributed by atoms with van der Waals surface area (Å²) in [5.41, 5.74) is 8.96. The Balaban J connectivity index is 1.38. The van der Waals surface area contributed by atoms with Crippen molar-refractivity contribution in [1.29, 1.82) is 0 Å². The normalized spacial score (nSPS) is 28.4. The average molecular weight is 456 g/mol. The zero-order valence-corrected chi connectivity index (χ0v) is 18.9. The summed E-state index contributed by atoms with van der Waals surface area (Å²) >= 11 is 0. The van der Waals surface area contributed by atoms with Crippen LogP contribution in [0, 0.1) is 17.6 Å². The van der Waals surface area contributed by atoms with Crippen molar-refractivity contribution in [2.45, 2.75) is 44.9 Å². The van der Waals surface area contributed by atoms with E-state index in [1.807, 2.05) is 13.8 Å². The minimum Gasteiger partial charge on any atom is -0.370 e. The monoisotopic (exact) mass is 455 g/mol. The highest BCUT2D eigenvalue weighted by atomic mass is 32.2. The summed E-state index contributed by atoms with van der Waals surface area (Å²) in [7, 11) is -3.25. The van der Waals surface area contributed by atoms with Crippen molar-refractivity contribution in [2.24, 2.45) is 11.7 Å². The second kappa shape index (κ2) is 8.86. The highest BCUT2D eigenvalue weighted by molar-refractivity contribution is 7.89. The van der Waals surface area contributed by atoms with E-state index in [1.54, 1.807) is 4.31 Å². The van der Waals surface area contributed by atoms with Gasteiger partial charge in [0.1, 0.15) is 17.7 Å². The number of rotatable bonds is 5. The van der Waals surface area contributed by atoms with Gasteiger partial charge in [-0.15, -0.1) is 0 Å². The molecule has 172 valence electrons. The molecule has 0 aromatic heterocycles. The molecule has 1 fully saturated rings. The van der Waals surface area contributed by atoms with E-state index in [0.717, 1.165) is 31.2 Å². The predicted octanol–water partition coefficient (Wildman–Crippen LogP) is 2.43. The molecule has 0 aliphatic carbocycles. The van der Waals surface area contributed by atoms with E-state index in [0.29, 0.717) is 32.7 Å². The van der Waals surface area contributed by atoms with Crippen LogP contribution in [0.3, 0.4) is 0 Å². The smallest absolute Gasteiger partial charge is 0.214 e. The number of halogens is 2. The van der Waals surface area contributed by atoms with E-state index in [1.165, 1.54) is 11.1 Å². The highest BCUT2D eigenvalue weighted by Crippen LogP contribution is 2.35. The van der Waals surface area contributed by atoms with Gasteiger partial charge in [0.05, 0.1) is 12.4 Å². The molecule has 0 spiro atoms. The topological polar surface area (TPSA) is 75.9 Å². The Hall–Kier alpha value is -1.39. The molecule has 3 aliphatic rings. The minimum absolute atomic E-state index is 0.0641. The molecule has 3 aliphatic heterocycles. The van der Waals surface area contributed by atoms with Gasteiger partial charge in [-0.25, -0.2) is 17.2 Å². The maximum atomic E-state index is 14.2. The Labute approximate surface area is 183 Å². The number of hydrogen-bond donors (Lipinski definition) is 1. The average Bonchev–Trinajstić information content (AvgIpc) is 3.12. The summed E-state index contributed by atoms with van der Waals surface area (Å²) in [4.78, 5) is 2.28. The maximum Gasteiger partial charge on any atom is 0.214 e. The van der Waals surface area contributed by atoms with Crippen LogP contribution in [0.15, 0.2) is 29.3 Å². The van der Waals surface area contributed by atoms with Gasteiger partial charge in [0, 0.05) is 43.8 Å². The van der Waals surface area contributed by atoms with E-state index >= 15 is 0 Å². The Morgan fingerprint density at radius 3 is 2.65 bits per heavy atom. The lowest BCUT2D eigenvalue weighted by atomic mass is 9.93. The lowest BCUT2D eigenvalue weighted by molar-refractivity contribution is -0.0465. The second-order valence-corrected chi connectivity index (χ2v) is 11.4. The van der Waals surface area contributed by atoms with Crippen molar-refractivity contribution >= 4 is 10.0 Å². The molecule has 0 amide bonds. The lowest BCUT2D eigenvalue weighted by Gasteiger charge is -2.39. The summed E-state index contributed by atoms with van der Waals surface area (Å²) in [6, 6.07) is 2.96. The first-order valence-electron chi connectivity index (χ1n) is 10.9. The number of hydrogen-bond acceptors (Lipinski definition) is 5. The highest BCUT2D eigenvalue weighted by Gasteiger charge is 2.39. The quantitative estimate of drug-likeness (QED) is 0.691. The molecule has 0 saturated carbocycles. The maximum absolute atomic E-state index is 14.2. The molecule has 1 saturated heterocycles. The number of ether oxygens (including phenoxy) is 1. The molecule has 1 aromatic rings. The van der Waals surface area contributed by atoms with E-state index in [9.17, 15) is 17.2 Å². The van der Waals surface area contributed by atoms with Crippen LogP contribution in [0.5, 0.6) is 0 Å². The Morgan fingerprint density at radius 1 is 1.19 bits per heavy atom. The van der Waals surface area contributed by atoms with Crippen molar-refractivity contribution in [3.63, 3.8) is 0 Å². The largest absolute Gasteiger partial charge is 0.370 e. The van der Waals surface area contributed by atoms with Gasteiger partial charge < -0.3 is 10.5 Å². The summed E-state index contributed by atoms with van der Waals surface area (Å²) in [6.45, 7) is 6.68. The van der Waals surface area contributed by atoms with Crippen molar-refractivity contribution in [3.05, 3.63) is 46.5 Å². The van der Waals surface area contributed by atoms with Crippen LogP contribution in [-0.2, 0) is 14.8 Å². The molecule has 6 nitrogen and oxygen atoms in total. The molecule has 0 bridgehead atoms. The molecule has 9 heteroatoms. The standard InChI is InChI=1S/C22H31F2N3O3S/c1-14(2)13-31(28,29)27-6-5-15-9-26(10-16(15)11-27)18-8-21(25)22(30-12-18)19-7-17(23)3-4-20(19)24/h3-4,7,14,18,21-22H,5-6,8-13,25H2,1-2H3. The molecule has 3 unspecified atom stereocenters. The predicted molar refractivity (Wildman–Crippen MR) is 115 cm³/mol. The fourth-order valence-electron chi connectivity index (χ4n) is 4.91. The van der Waals surface area contributed by atoms with Gasteiger partial charge in [-0.2, -0.15) is 4.31 Å². The molecule has 1 aromatic carbocycles. The molecule has 3 atom stereocenters. The number of benzene rings is 1. The van der Waals surface area contributed by atoms with Gasteiger partial charge >= 0.3 is 0 Å². The molecule has 2 N–H and O–H groups in total. The van der Waals surface area contributed by atoms with E-state index in [4.69, 9.17) is 10.5 Å². The van der Waals surface area contributed by atoms with Gasteiger partial charge in [-0.3, -0.25) is 4.90 Å². The molecular weight excluding hydrogens is 424 g/mol. The first-order chi connectivity index (χ1) is 14.6. The lowest BCUT2D eigenvalue weighted by Crippen LogP contribution is -2.49. The Kier molecular flexibility index (Phi) is 6.52. The van der Waals surface area contributed by atoms with Gasteiger partial charge in [0.15, 0.2) is 0 Å². The summed E-state index contributed by atoms with van der Waals surface area (Å²) in [5, 5.41) is 0. The molecular formula is C22H31F2N3O3S. The van der Waals surface area contributed by atoms with Crippen LogP contribution in [0.2, 0.25) is 0 Å². The zero-order valence-electron chi connectivity index (χ0n) is 18.1. The van der Waals surface area contributed by atoms with Gasteiger partial charge in [0.25, 0.3) is 0 Å². The van der Waals surface area contributed by atoms with Crippen molar-refractivity contribution in [3.8, 4) is 0 Å². The fraction of sp³-hybridized carbons (Fsp3) is 0.636. The molecule has 4 rings (SSSR count). The summed E-state index contributed by atoms with van der Waals surface area (Å²) in [5.74, 6) is -0.760. The van der Waals surface area contributed by atoms with Gasteiger partial charge in [-0.05, 0) is 42.5 Å². The van der Waals surface area contributed by atoms with E-state index in [-0.39, 0.29) is 23.3 Å². The molecule has 0 radical (unpaired) electrons. The van der Waals surface area contributed by atoms with Crippen LogP contribution in [-0.4, -0.2) is 68.2 Å². The van der Waals surface area contributed by atoms with Crippen LogP contribution in [0.25, 0.3) is 0 Å². The van der Waals surface area contributed by atoms with Crippen LogP contribution in [0.1, 0.15) is 38.4 Å². The van der Waals surface area contributed by atoms with Crippen LogP contribution >= 0.6 is 0 Å². The van der Waals surface area contributed by atoms with Gasteiger partial charge in [-0.1, -0.05) is 19.4 Å². The van der Waals surface area contributed by atoms with Crippen LogP contribution in [0.4, 0.5) is 8.78 Å². The number of sulfonamides is 1. The molecule has 31 heavy (non-hydrogen) atoms. The van der Waals surface area contributed by atoms with Crippen molar-refractivity contribution in [2.75, 3.05) is 38.5 Å². The number of nitrogens with zero attached hydrogens (tertiary/aromatic N) is 2.